The summed E-state index contributed by atoms with van der Waals surface area (Å²) in [7, 11) is 0. The Morgan fingerprint density at radius 2 is 1.46 bits per heavy atom. The van der Waals surface area contributed by atoms with Crippen LogP contribution in [-0.4, -0.2) is 20.7 Å². The SMILES string of the molecule is NC(=O)c1ncnn1-c1cccc(-c2ccccc2)c1-c1ccccc1. The first-order valence-electron chi connectivity index (χ1n) is 8.20. The van der Waals surface area contributed by atoms with Crippen LogP contribution in [0.5, 0.6) is 0 Å². The van der Waals surface area contributed by atoms with Crippen molar-refractivity contribution in [1.29, 1.82) is 0 Å². The first-order chi connectivity index (χ1) is 12.8. The number of hydrogen-bond acceptors (Lipinski definition) is 3. The van der Waals surface area contributed by atoms with Gasteiger partial charge >= 0.3 is 0 Å². The molecule has 0 saturated heterocycles. The second kappa shape index (κ2) is 6.64. The average molecular weight is 340 g/mol. The number of carbonyl (C=O) groups is 1. The molecule has 0 saturated carbocycles. The first-order valence-corrected chi connectivity index (χ1v) is 8.20. The number of aromatic nitrogens is 3. The monoisotopic (exact) mass is 340 g/mol. The molecule has 0 bridgehead atoms. The molecule has 4 rings (SSSR count). The Bertz CT molecular complexity index is 1060. The third-order valence-electron chi connectivity index (χ3n) is 4.19. The number of benzene rings is 3. The van der Waals surface area contributed by atoms with Crippen LogP contribution in [0.2, 0.25) is 0 Å². The minimum absolute atomic E-state index is 0.104. The van der Waals surface area contributed by atoms with Gasteiger partial charge in [-0.2, -0.15) is 5.10 Å². The van der Waals surface area contributed by atoms with Crippen LogP contribution in [0.4, 0.5) is 0 Å². The van der Waals surface area contributed by atoms with E-state index in [9.17, 15) is 4.79 Å². The highest BCUT2D eigenvalue weighted by Crippen LogP contribution is 2.36. The van der Waals surface area contributed by atoms with Crippen molar-refractivity contribution in [3.63, 3.8) is 0 Å². The summed E-state index contributed by atoms with van der Waals surface area (Å²) in [4.78, 5) is 15.8. The van der Waals surface area contributed by atoms with Crippen LogP contribution in [0, 0.1) is 0 Å². The summed E-state index contributed by atoms with van der Waals surface area (Å²) in [5.41, 5.74) is 10.3. The van der Waals surface area contributed by atoms with Gasteiger partial charge in [0.05, 0.1) is 5.69 Å². The second-order valence-corrected chi connectivity index (χ2v) is 5.79. The van der Waals surface area contributed by atoms with E-state index in [1.807, 2.05) is 60.7 Å². The van der Waals surface area contributed by atoms with Gasteiger partial charge in [-0.25, -0.2) is 9.67 Å². The van der Waals surface area contributed by atoms with E-state index in [1.165, 1.54) is 11.0 Å². The molecule has 26 heavy (non-hydrogen) atoms. The van der Waals surface area contributed by atoms with Gasteiger partial charge in [-0.1, -0.05) is 72.8 Å². The van der Waals surface area contributed by atoms with E-state index in [-0.39, 0.29) is 5.82 Å². The fraction of sp³-hybridized carbons (Fsp3) is 0. The summed E-state index contributed by atoms with van der Waals surface area (Å²) in [6.07, 6.45) is 1.34. The van der Waals surface area contributed by atoms with Crippen LogP contribution in [0.3, 0.4) is 0 Å². The summed E-state index contributed by atoms with van der Waals surface area (Å²) in [5, 5.41) is 4.23. The Morgan fingerprint density at radius 1 is 0.808 bits per heavy atom. The standard InChI is InChI=1S/C21H16N4O/c22-20(26)21-23-14-24-25(21)18-13-7-12-17(15-8-3-1-4-9-15)19(18)16-10-5-2-6-11-16/h1-14H,(H2,22,26). The molecule has 5 nitrogen and oxygen atoms in total. The third kappa shape index (κ3) is 2.75. The lowest BCUT2D eigenvalue weighted by atomic mass is 9.93. The Balaban J connectivity index is 2.04. The molecule has 5 heteroatoms. The number of carbonyl (C=O) groups excluding carboxylic acids is 1. The highest BCUT2D eigenvalue weighted by molar-refractivity contribution is 5.92. The smallest absolute Gasteiger partial charge is 0.286 e. The fourth-order valence-electron chi connectivity index (χ4n) is 3.07. The van der Waals surface area contributed by atoms with Crippen LogP contribution in [0.15, 0.2) is 85.2 Å². The fourth-order valence-corrected chi connectivity index (χ4v) is 3.07. The number of primary amides is 1. The molecule has 0 aliphatic heterocycles. The molecule has 1 aromatic heterocycles. The second-order valence-electron chi connectivity index (χ2n) is 5.79. The van der Waals surface area contributed by atoms with E-state index in [2.05, 4.69) is 28.3 Å². The zero-order valence-electron chi connectivity index (χ0n) is 13.9. The van der Waals surface area contributed by atoms with Gasteiger partial charge in [-0.3, -0.25) is 4.79 Å². The molecule has 4 aromatic rings. The Kier molecular flexibility index (Phi) is 4.03. The molecule has 3 aromatic carbocycles. The number of nitrogens with zero attached hydrogens (tertiary/aromatic N) is 3. The molecule has 126 valence electrons. The normalized spacial score (nSPS) is 10.6. The van der Waals surface area contributed by atoms with Crippen molar-refractivity contribution in [1.82, 2.24) is 14.8 Å². The lowest BCUT2D eigenvalue weighted by Crippen LogP contribution is -2.18. The van der Waals surface area contributed by atoms with E-state index < -0.39 is 5.91 Å². The maximum atomic E-state index is 11.8. The number of amides is 1. The molecule has 1 heterocycles. The van der Waals surface area contributed by atoms with Gasteiger partial charge < -0.3 is 5.73 Å². The van der Waals surface area contributed by atoms with Crippen molar-refractivity contribution in [3.05, 3.63) is 91.0 Å². The Morgan fingerprint density at radius 3 is 2.12 bits per heavy atom. The Hall–Kier alpha value is -3.73. The molecule has 0 atom stereocenters. The van der Waals surface area contributed by atoms with Gasteiger partial charge in [0.25, 0.3) is 5.91 Å². The van der Waals surface area contributed by atoms with Gasteiger partial charge in [-0.05, 0) is 22.8 Å². The zero-order valence-corrected chi connectivity index (χ0v) is 13.9. The summed E-state index contributed by atoms with van der Waals surface area (Å²) < 4.78 is 1.50. The van der Waals surface area contributed by atoms with E-state index >= 15 is 0 Å². The van der Waals surface area contributed by atoms with Crippen LogP contribution in [0.25, 0.3) is 27.9 Å². The maximum Gasteiger partial charge on any atom is 0.286 e. The number of rotatable bonds is 4. The summed E-state index contributed by atoms with van der Waals surface area (Å²) in [5.74, 6) is -0.515. The van der Waals surface area contributed by atoms with Crippen molar-refractivity contribution in [2.45, 2.75) is 0 Å². The van der Waals surface area contributed by atoms with Crippen molar-refractivity contribution < 1.29 is 4.79 Å². The Labute approximate surface area is 150 Å². The van der Waals surface area contributed by atoms with E-state index in [0.717, 1.165) is 27.9 Å². The third-order valence-corrected chi connectivity index (χ3v) is 4.19. The predicted molar refractivity (Wildman–Crippen MR) is 101 cm³/mol. The summed E-state index contributed by atoms with van der Waals surface area (Å²) in [6, 6.07) is 26.0. The van der Waals surface area contributed by atoms with Gasteiger partial charge in [0.1, 0.15) is 6.33 Å². The number of hydrogen-bond donors (Lipinski definition) is 1. The minimum atomic E-state index is -0.619. The minimum Gasteiger partial charge on any atom is -0.363 e. The molecular formula is C21H16N4O. The lowest BCUT2D eigenvalue weighted by molar-refractivity contribution is 0.0988. The molecule has 2 N–H and O–H groups in total. The van der Waals surface area contributed by atoms with Crippen molar-refractivity contribution in [2.75, 3.05) is 0 Å². The van der Waals surface area contributed by atoms with Crippen molar-refractivity contribution in [3.8, 4) is 27.9 Å². The summed E-state index contributed by atoms with van der Waals surface area (Å²) >= 11 is 0. The largest absolute Gasteiger partial charge is 0.363 e. The van der Waals surface area contributed by atoms with Gasteiger partial charge in [-0.15, -0.1) is 0 Å². The van der Waals surface area contributed by atoms with Crippen LogP contribution in [0.1, 0.15) is 10.6 Å². The molecular weight excluding hydrogens is 324 g/mol. The molecule has 0 spiro atoms. The zero-order chi connectivity index (χ0) is 17.9. The molecule has 0 radical (unpaired) electrons. The maximum absolute atomic E-state index is 11.8. The first kappa shape index (κ1) is 15.8. The molecule has 1 amide bonds. The highest BCUT2D eigenvalue weighted by Gasteiger charge is 2.18. The predicted octanol–water partition coefficient (Wildman–Crippen LogP) is 3.70. The topological polar surface area (TPSA) is 73.8 Å². The van der Waals surface area contributed by atoms with Gasteiger partial charge in [0, 0.05) is 5.56 Å². The molecule has 0 fully saturated rings. The van der Waals surface area contributed by atoms with Crippen LogP contribution >= 0.6 is 0 Å². The lowest BCUT2D eigenvalue weighted by Gasteiger charge is -2.16. The molecule has 0 unspecified atom stereocenters. The quantitative estimate of drug-likeness (QED) is 0.615. The number of nitrogens with two attached hydrogens (primary N) is 1. The molecule has 0 aliphatic carbocycles. The highest BCUT2D eigenvalue weighted by atomic mass is 16.1. The van der Waals surface area contributed by atoms with Crippen LogP contribution < -0.4 is 5.73 Å². The van der Waals surface area contributed by atoms with Gasteiger partial charge in [0.2, 0.25) is 5.82 Å². The van der Waals surface area contributed by atoms with Crippen LogP contribution in [-0.2, 0) is 0 Å². The summed E-state index contributed by atoms with van der Waals surface area (Å²) in [6.45, 7) is 0. The average Bonchev–Trinajstić information content (AvgIpc) is 3.19. The van der Waals surface area contributed by atoms with E-state index in [1.54, 1.807) is 0 Å². The van der Waals surface area contributed by atoms with E-state index in [4.69, 9.17) is 5.73 Å². The van der Waals surface area contributed by atoms with Crippen molar-refractivity contribution in [2.24, 2.45) is 5.73 Å². The van der Waals surface area contributed by atoms with Gasteiger partial charge in [0.15, 0.2) is 0 Å². The molecule has 0 aliphatic rings. The van der Waals surface area contributed by atoms with Crippen molar-refractivity contribution >= 4 is 5.91 Å². The van der Waals surface area contributed by atoms with E-state index in [0.29, 0.717) is 0 Å².